The Morgan fingerprint density at radius 1 is 0.658 bits per heavy atom. The highest BCUT2D eigenvalue weighted by atomic mass is 19.1. The minimum absolute atomic E-state index is 0.0223. The zero-order valence-electron chi connectivity index (χ0n) is 23.4. The normalized spacial score (nSPS) is 17.4. The summed E-state index contributed by atoms with van der Waals surface area (Å²) < 4.78 is 30.8. The van der Waals surface area contributed by atoms with Crippen LogP contribution in [0, 0.1) is 53.2 Å². The lowest BCUT2D eigenvalue weighted by Crippen LogP contribution is -2.05. The Labute approximate surface area is 225 Å². The summed E-state index contributed by atoms with van der Waals surface area (Å²) >= 11 is 0. The molecule has 1 atom stereocenters. The van der Waals surface area contributed by atoms with Gasteiger partial charge >= 0.3 is 0 Å². The van der Waals surface area contributed by atoms with Gasteiger partial charge in [-0.05, 0) is 163 Å². The lowest BCUT2D eigenvalue weighted by Gasteiger charge is -2.21. The van der Waals surface area contributed by atoms with Crippen molar-refractivity contribution in [1.82, 2.24) is 0 Å². The third-order valence-corrected chi connectivity index (χ3v) is 9.12. The summed E-state index contributed by atoms with van der Waals surface area (Å²) in [7, 11) is 0. The van der Waals surface area contributed by atoms with E-state index in [9.17, 15) is 4.39 Å². The Morgan fingerprint density at radius 2 is 1.34 bits per heavy atom. The highest BCUT2D eigenvalue weighted by Gasteiger charge is 2.33. The summed E-state index contributed by atoms with van der Waals surface area (Å²) in [6, 6.07) is 15.0. The van der Waals surface area contributed by atoms with E-state index >= 15 is 4.39 Å². The molecule has 1 saturated carbocycles. The monoisotopic (exact) mass is 506 g/mol. The average molecular weight is 507 g/mol. The van der Waals surface area contributed by atoms with E-state index in [1.54, 1.807) is 0 Å². The topological polar surface area (TPSA) is 0 Å². The fraction of sp³-hybridized carbons (Fsp3) is 0.333. The molecule has 38 heavy (non-hydrogen) atoms. The lowest BCUT2D eigenvalue weighted by molar-refractivity contribution is 0.595. The number of halogens is 2. The van der Waals surface area contributed by atoms with Gasteiger partial charge in [0, 0.05) is 5.56 Å². The van der Waals surface area contributed by atoms with Crippen LogP contribution >= 0.6 is 0 Å². The fourth-order valence-corrected chi connectivity index (χ4v) is 6.75. The summed E-state index contributed by atoms with van der Waals surface area (Å²) in [6.45, 7) is 12.2. The van der Waals surface area contributed by atoms with Crippen LogP contribution in [0.5, 0.6) is 0 Å². The molecule has 0 amide bonds. The molecular weight excluding hydrogens is 470 g/mol. The second-order valence-corrected chi connectivity index (χ2v) is 11.8. The fourth-order valence-electron chi connectivity index (χ4n) is 6.75. The number of rotatable bonds is 4. The summed E-state index contributed by atoms with van der Waals surface area (Å²) in [5, 5.41) is 2.52. The van der Waals surface area contributed by atoms with Crippen molar-refractivity contribution in [1.29, 1.82) is 0 Å². The predicted octanol–water partition coefficient (Wildman–Crippen LogP) is 10.5. The SMILES string of the molecule is Cc1cc(-c2ccc3c(C)ccc(C)c3c2)c(C)c(C2=CCC(c3cc(C)c(F)c(C4CC4)c3C)C2)c1F. The van der Waals surface area contributed by atoms with Crippen molar-refractivity contribution in [3.8, 4) is 11.1 Å². The first-order chi connectivity index (χ1) is 18.2. The largest absolute Gasteiger partial charge is 0.206 e. The van der Waals surface area contributed by atoms with Gasteiger partial charge in [-0.15, -0.1) is 0 Å². The standard InChI is InChI=1S/C36H36F2/c1-19-7-8-20(2)30-18-27(13-14-29(19)30)32-16-22(4)36(38)34(24(32)6)28-12-11-26(17-28)31-15-21(3)35(37)33(23(31)5)25-9-10-25/h7-8,12-16,18,25-26H,9-11,17H2,1-6H3. The van der Waals surface area contributed by atoms with E-state index in [4.69, 9.17) is 0 Å². The molecule has 6 rings (SSSR count). The predicted molar refractivity (Wildman–Crippen MR) is 156 cm³/mol. The van der Waals surface area contributed by atoms with Crippen molar-refractivity contribution >= 4 is 16.3 Å². The second kappa shape index (κ2) is 9.19. The van der Waals surface area contributed by atoms with E-state index in [0.717, 1.165) is 70.2 Å². The van der Waals surface area contributed by atoms with E-state index in [2.05, 4.69) is 64.1 Å². The van der Waals surface area contributed by atoms with Gasteiger partial charge in [0.2, 0.25) is 0 Å². The molecule has 0 saturated heterocycles. The third kappa shape index (κ3) is 4.01. The van der Waals surface area contributed by atoms with Crippen LogP contribution in [-0.4, -0.2) is 0 Å². The van der Waals surface area contributed by atoms with Crippen LogP contribution in [0.4, 0.5) is 8.78 Å². The molecule has 2 heteroatoms. The highest BCUT2D eigenvalue weighted by Crippen LogP contribution is 2.48. The number of hydrogen-bond acceptors (Lipinski definition) is 0. The Balaban J connectivity index is 1.40. The van der Waals surface area contributed by atoms with Gasteiger partial charge in [0.05, 0.1) is 0 Å². The maximum atomic E-state index is 15.8. The van der Waals surface area contributed by atoms with Crippen molar-refractivity contribution in [3.63, 3.8) is 0 Å². The van der Waals surface area contributed by atoms with Crippen LogP contribution in [0.25, 0.3) is 27.5 Å². The second-order valence-electron chi connectivity index (χ2n) is 11.8. The molecule has 4 aromatic carbocycles. The van der Waals surface area contributed by atoms with Crippen molar-refractivity contribution in [2.24, 2.45) is 0 Å². The van der Waals surface area contributed by atoms with E-state index in [-0.39, 0.29) is 17.6 Å². The third-order valence-electron chi connectivity index (χ3n) is 9.12. The number of allylic oxidation sites excluding steroid dienone is 2. The zero-order chi connectivity index (χ0) is 26.9. The quantitative estimate of drug-likeness (QED) is 0.258. The van der Waals surface area contributed by atoms with Gasteiger partial charge < -0.3 is 0 Å². The molecule has 1 fully saturated rings. The van der Waals surface area contributed by atoms with Crippen LogP contribution in [0.1, 0.15) is 87.6 Å². The van der Waals surface area contributed by atoms with Crippen LogP contribution in [0.15, 0.2) is 48.5 Å². The van der Waals surface area contributed by atoms with Gasteiger partial charge in [-0.1, -0.05) is 36.4 Å². The molecule has 0 radical (unpaired) electrons. The smallest absolute Gasteiger partial charge is 0.133 e. The minimum Gasteiger partial charge on any atom is -0.206 e. The zero-order valence-corrected chi connectivity index (χ0v) is 23.4. The molecule has 0 aromatic heterocycles. The molecular formula is C36H36F2. The molecule has 0 heterocycles. The molecule has 1 unspecified atom stereocenters. The first-order valence-electron chi connectivity index (χ1n) is 13.9. The van der Waals surface area contributed by atoms with E-state index in [0.29, 0.717) is 11.5 Å². The maximum Gasteiger partial charge on any atom is 0.133 e. The Kier molecular flexibility index (Phi) is 6.05. The lowest BCUT2D eigenvalue weighted by atomic mass is 9.84. The van der Waals surface area contributed by atoms with Crippen LogP contribution < -0.4 is 0 Å². The number of aryl methyl sites for hydroxylation is 4. The maximum absolute atomic E-state index is 15.8. The van der Waals surface area contributed by atoms with Gasteiger partial charge in [0.25, 0.3) is 0 Å². The van der Waals surface area contributed by atoms with Gasteiger partial charge in [0.1, 0.15) is 11.6 Å². The molecule has 0 nitrogen and oxygen atoms in total. The molecule has 2 aliphatic rings. The van der Waals surface area contributed by atoms with Crippen molar-refractivity contribution in [2.75, 3.05) is 0 Å². The molecule has 4 aromatic rings. The molecule has 0 bridgehead atoms. The first kappa shape index (κ1) is 25.0. The molecule has 0 aliphatic heterocycles. The van der Waals surface area contributed by atoms with Crippen molar-refractivity contribution in [3.05, 3.63) is 110 Å². The number of fused-ring (bicyclic) bond motifs is 1. The molecule has 2 aliphatic carbocycles. The van der Waals surface area contributed by atoms with Gasteiger partial charge in [-0.3, -0.25) is 0 Å². The van der Waals surface area contributed by atoms with Gasteiger partial charge in [0.15, 0.2) is 0 Å². The van der Waals surface area contributed by atoms with Gasteiger partial charge in [-0.2, -0.15) is 0 Å². The van der Waals surface area contributed by atoms with Crippen LogP contribution in [-0.2, 0) is 0 Å². The molecule has 0 N–H and O–H groups in total. The van der Waals surface area contributed by atoms with E-state index in [1.165, 1.54) is 27.5 Å². The summed E-state index contributed by atoms with van der Waals surface area (Å²) in [5.41, 5.74) is 12.3. The number of benzene rings is 4. The van der Waals surface area contributed by atoms with E-state index in [1.807, 2.05) is 26.0 Å². The van der Waals surface area contributed by atoms with Crippen molar-refractivity contribution < 1.29 is 8.78 Å². The Morgan fingerprint density at radius 3 is 2.05 bits per heavy atom. The first-order valence-corrected chi connectivity index (χ1v) is 13.9. The molecule has 0 spiro atoms. The minimum atomic E-state index is -0.114. The summed E-state index contributed by atoms with van der Waals surface area (Å²) in [6.07, 6.45) is 6.04. The Bertz CT molecular complexity index is 1650. The van der Waals surface area contributed by atoms with Crippen molar-refractivity contribution in [2.45, 2.75) is 79.1 Å². The summed E-state index contributed by atoms with van der Waals surface area (Å²) in [5.74, 6) is 0.495. The Hall–Kier alpha value is -3.26. The summed E-state index contributed by atoms with van der Waals surface area (Å²) in [4.78, 5) is 0. The van der Waals surface area contributed by atoms with E-state index < -0.39 is 0 Å². The molecule has 194 valence electrons. The average Bonchev–Trinajstić information content (AvgIpc) is 3.62. The van der Waals surface area contributed by atoms with Crippen LogP contribution in [0.3, 0.4) is 0 Å². The highest BCUT2D eigenvalue weighted by molar-refractivity contribution is 5.93. The van der Waals surface area contributed by atoms with Crippen LogP contribution in [0.2, 0.25) is 0 Å². The van der Waals surface area contributed by atoms with Gasteiger partial charge in [-0.25, -0.2) is 8.78 Å². The number of hydrogen-bond donors (Lipinski definition) is 0.